The molecule has 1 saturated heterocycles. The van der Waals surface area contributed by atoms with Crippen molar-refractivity contribution in [1.82, 2.24) is 0 Å². The van der Waals surface area contributed by atoms with Crippen LogP contribution < -0.4 is 4.90 Å². The fourth-order valence-corrected chi connectivity index (χ4v) is 6.23. The van der Waals surface area contributed by atoms with E-state index in [1.54, 1.807) is 24.3 Å². The standard InChI is InChI=1S/C32H39NO5/c1-18(2)24-16-25-29(32(38)33(31(25)37)23-9-7-6-8-10-23)26(17-34)28(24)27(35)12-11-19(3)13-22-14-20(4)30(36)21(5)15-22/h6-10,13-15,18,25-27,29,34-36H,11-12,16-17H2,1-5H3/b19-13+/t25-,26+,27-,29-/m1/s1. The first-order chi connectivity index (χ1) is 18.0. The van der Waals surface area contributed by atoms with Gasteiger partial charge in [0.25, 0.3) is 0 Å². The third kappa shape index (κ3) is 5.20. The van der Waals surface area contributed by atoms with E-state index in [-0.39, 0.29) is 24.3 Å². The van der Waals surface area contributed by atoms with Gasteiger partial charge in [0.1, 0.15) is 5.75 Å². The summed E-state index contributed by atoms with van der Waals surface area (Å²) in [4.78, 5) is 28.3. The zero-order chi connectivity index (χ0) is 27.7. The third-order valence-electron chi connectivity index (χ3n) is 8.13. The van der Waals surface area contributed by atoms with Crippen LogP contribution in [0.5, 0.6) is 5.75 Å². The molecule has 6 nitrogen and oxygen atoms in total. The van der Waals surface area contributed by atoms with E-state index in [0.29, 0.717) is 30.7 Å². The lowest BCUT2D eigenvalue weighted by Gasteiger charge is -2.38. The minimum absolute atomic E-state index is 0.0721. The van der Waals surface area contributed by atoms with Crippen molar-refractivity contribution in [2.75, 3.05) is 11.5 Å². The molecular weight excluding hydrogens is 478 g/mol. The number of aromatic hydroxyl groups is 1. The van der Waals surface area contributed by atoms with Crippen LogP contribution in [0.1, 0.15) is 56.7 Å². The summed E-state index contributed by atoms with van der Waals surface area (Å²) in [6, 6.07) is 12.8. The van der Waals surface area contributed by atoms with Crippen LogP contribution in [0.4, 0.5) is 5.69 Å². The lowest BCUT2D eigenvalue weighted by atomic mass is 9.66. The van der Waals surface area contributed by atoms with Crippen molar-refractivity contribution in [2.45, 2.75) is 60.0 Å². The fraction of sp³-hybridized carbons (Fsp3) is 0.438. The number of allylic oxidation sites excluding steroid dienone is 2. The number of imide groups is 1. The number of phenolic OH excluding ortho intramolecular Hbond substituents is 1. The van der Waals surface area contributed by atoms with Gasteiger partial charge in [-0.1, -0.05) is 49.3 Å². The summed E-state index contributed by atoms with van der Waals surface area (Å²) in [6.45, 7) is 9.53. The fourth-order valence-electron chi connectivity index (χ4n) is 6.23. The molecule has 2 aromatic carbocycles. The number of amides is 2. The number of aliphatic hydroxyl groups excluding tert-OH is 2. The maximum Gasteiger partial charge on any atom is 0.238 e. The molecule has 0 bridgehead atoms. The highest BCUT2D eigenvalue weighted by atomic mass is 16.3. The molecular formula is C32H39NO5. The van der Waals surface area contributed by atoms with E-state index in [4.69, 9.17) is 0 Å². The topological polar surface area (TPSA) is 98.1 Å². The maximum atomic E-state index is 13.6. The molecule has 0 aromatic heterocycles. The number of rotatable bonds is 8. The first-order valence-corrected chi connectivity index (χ1v) is 13.5. The van der Waals surface area contributed by atoms with Gasteiger partial charge in [-0.3, -0.25) is 14.5 Å². The Balaban J connectivity index is 1.59. The average molecular weight is 518 g/mol. The van der Waals surface area contributed by atoms with Crippen molar-refractivity contribution in [1.29, 1.82) is 0 Å². The van der Waals surface area contributed by atoms with Crippen LogP contribution >= 0.6 is 0 Å². The Hall–Kier alpha value is -3.22. The molecule has 0 radical (unpaired) electrons. The number of hydrogen-bond acceptors (Lipinski definition) is 5. The Labute approximate surface area is 225 Å². The number of carbonyl (C=O) groups excluding carboxylic acids is 2. The molecule has 3 N–H and O–H groups in total. The predicted octanol–water partition coefficient (Wildman–Crippen LogP) is 5.32. The second kappa shape index (κ2) is 11.3. The van der Waals surface area contributed by atoms with Crippen molar-refractivity contribution >= 4 is 23.6 Å². The molecule has 0 spiro atoms. The molecule has 4 atom stereocenters. The lowest BCUT2D eigenvalue weighted by Crippen LogP contribution is -2.39. The van der Waals surface area contributed by atoms with Gasteiger partial charge >= 0.3 is 0 Å². The molecule has 0 unspecified atom stereocenters. The highest BCUT2D eigenvalue weighted by molar-refractivity contribution is 6.22. The van der Waals surface area contributed by atoms with E-state index in [0.717, 1.165) is 33.4 Å². The molecule has 1 aliphatic heterocycles. The number of benzene rings is 2. The maximum absolute atomic E-state index is 13.6. The van der Waals surface area contributed by atoms with Gasteiger partial charge in [0.2, 0.25) is 11.8 Å². The number of para-hydroxylation sites is 1. The summed E-state index contributed by atoms with van der Waals surface area (Å²) in [7, 11) is 0. The monoisotopic (exact) mass is 517 g/mol. The third-order valence-corrected chi connectivity index (χ3v) is 8.13. The van der Waals surface area contributed by atoms with Crippen molar-refractivity contribution in [3.05, 3.63) is 75.9 Å². The molecule has 0 saturated carbocycles. The molecule has 6 heteroatoms. The van der Waals surface area contributed by atoms with Gasteiger partial charge in [-0.25, -0.2) is 0 Å². The molecule has 202 valence electrons. The van der Waals surface area contributed by atoms with Crippen LogP contribution in [0.3, 0.4) is 0 Å². The lowest BCUT2D eigenvalue weighted by molar-refractivity contribution is -0.123. The van der Waals surface area contributed by atoms with Crippen molar-refractivity contribution < 1.29 is 24.9 Å². The SMILES string of the molecule is C/C(=C\c1cc(C)c(O)c(C)c1)CC[C@@H](O)C1=C(C(C)C)C[C@H]2C(=O)N(c3ccccc3)C(=O)[C@H]2[C@H]1CO. The van der Waals surface area contributed by atoms with Gasteiger partial charge in [-0.05, 0) is 92.5 Å². The normalized spacial score (nSPS) is 22.9. The van der Waals surface area contributed by atoms with Crippen LogP contribution in [0, 0.1) is 37.5 Å². The van der Waals surface area contributed by atoms with Gasteiger partial charge in [0.15, 0.2) is 0 Å². The van der Waals surface area contributed by atoms with Crippen molar-refractivity contribution in [3.8, 4) is 5.75 Å². The van der Waals surface area contributed by atoms with Gasteiger partial charge < -0.3 is 15.3 Å². The Morgan fingerprint density at radius 2 is 1.71 bits per heavy atom. The van der Waals surface area contributed by atoms with E-state index < -0.39 is 23.9 Å². The molecule has 1 heterocycles. The second-order valence-corrected chi connectivity index (χ2v) is 11.2. The Bertz CT molecular complexity index is 1250. The summed E-state index contributed by atoms with van der Waals surface area (Å²) in [6.07, 6.45) is 2.72. The number of hydrogen-bond donors (Lipinski definition) is 3. The van der Waals surface area contributed by atoms with E-state index in [1.165, 1.54) is 4.90 Å². The molecule has 38 heavy (non-hydrogen) atoms. The minimum Gasteiger partial charge on any atom is -0.507 e. The molecule has 2 amide bonds. The second-order valence-electron chi connectivity index (χ2n) is 11.2. The van der Waals surface area contributed by atoms with Crippen molar-refractivity contribution in [2.24, 2.45) is 23.7 Å². The summed E-state index contributed by atoms with van der Waals surface area (Å²) < 4.78 is 0. The van der Waals surface area contributed by atoms with E-state index in [9.17, 15) is 24.9 Å². The Kier molecular flexibility index (Phi) is 8.24. The van der Waals surface area contributed by atoms with Crippen LogP contribution in [-0.2, 0) is 9.59 Å². The largest absolute Gasteiger partial charge is 0.507 e. The number of anilines is 1. The molecule has 2 aromatic rings. The number of fused-ring (bicyclic) bond motifs is 1. The number of aliphatic hydroxyl groups is 2. The molecule has 1 fully saturated rings. The molecule has 1 aliphatic carbocycles. The first-order valence-electron chi connectivity index (χ1n) is 13.5. The van der Waals surface area contributed by atoms with Crippen molar-refractivity contribution in [3.63, 3.8) is 0 Å². The number of aryl methyl sites for hydroxylation is 2. The van der Waals surface area contributed by atoms with Crippen LogP contribution in [0.25, 0.3) is 6.08 Å². The number of nitrogens with zero attached hydrogens (tertiary/aromatic N) is 1. The van der Waals surface area contributed by atoms with E-state index in [1.807, 2.05) is 52.8 Å². The van der Waals surface area contributed by atoms with Crippen LogP contribution in [-0.4, -0.2) is 39.8 Å². The number of phenols is 1. The zero-order valence-electron chi connectivity index (χ0n) is 22.9. The zero-order valence-corrected chi connectivity index (χ0v) is 22.9. The number of carbonyl (C=O) groups is 2. The van der Waals surface area contributed by atoms with Gasteiger partial charge in [0.05, 0.1) is 30.2 Å². The summed E-state index contributed by atoms with van der Waals surface area (Å²) in [5.41, 5.74) is 5.96. The van der Waals surface area contributed by atoms with Crippen LogP contribution in [0.2, 0.25) is 0 Å². The molecule has 4 rings (SSSR count). The summed E-state index contributed by atoms with van der Waals surface area (Å²) in [5.74, 6) is -1.96. The van der Waals surface area contributed by atoms with Crippen LogP contribution in [0.15, 0.2) is 59.2 Å². The van der Waals surface area contributed by atoms with Gasteiger partial charge in [-0.2, -0.15) is 0 Å². The van der Waals surface area contributed by atoms with Gasteiger partial charge in [0, 0.05) is 5.92 Å². The Morgan fingerprint density at radius 1 is 1.08 bits per heavy atom. The molecule has 2 aliphatic rings. The highest BCUT2D eigenvalue weighted by Gasteiger charge is 2.55. The average Bonchev–Trinajstić information content (AvgIpc) is 3.14. The summed E-state index contributed by atoms with van der Waals surface area (Å²) in [5, 5.41) is 32.0. The van der Waals surface area contributed by atoms with Gasteiger partial charge in [-0.15, -0.1) is 0 Å². The van der Waals surface area contributed by atoms with E-state index in [2.05, 4.69) is 6.08 Å². The Morgan fingerprint density at radius 3 is 2.29 bits per heavy atom. The smallest absolute Gasteiger partial charge is 0.238 e. The highest BCUT2D eigenvalue weighted by Crippen LogP contribution is 2.48. The summed E-state index contributed by atoms with van der Waals surface area (Å²) >= 11 is 0. The first kappa shape index (κ1) is 27.8. The van der Waals surface area contributed by atoms with E-state index >= 15 is 0 Å². The minimum atomic E-state index is -0.828. The predicted molar refractivity (Wildman–Crippen MR) is 149 cm³/mol. The quantitative estimate of drug-likeness (QED) is 0.325.